The Hall–Kier alpha value is -3.91. The SMILES string of the molecule is C#Cc1c(F)ccc2cccc(-c3nc4c5c(nc(OCC67CCCN6CCC7)nc5c3F)NCCNCC(CC)CC4)c12.CC.COC(C)(C)C. The van der Waals surface area contributed by atoms with Crippen LogP contribution in [0.2, 0.25) is 0 Å². The highest BCUT2D eigenvalue weighted by molar-refractivity contribution is 6.02. The van der Waals surface area contributed by atoms with Crippen LogP contribution in [0.1, 0.15) is 91.3 Å². The number of ether oxygens (including phenoxy) is 2. The first-order valence-electron chi connectivity index (χ1n) is 19.0. The average Bonchev–Trinajstić information content (AvgIpc) is 3.73. The van der Waals surface area contributed by atoms with Gasteiger partial charge in [-0.1, -0.05) is 57.4 Å². The summed E-state index contributed by atoms with van der Waals surface area (Å²) >= 11 is 0. The normalized spacial score (nSPS) is 18.6. The monoisotopic (exact) mass is 714 g/mol. The van der Waals surface area contributed by atoms with Crippen molar-refractivity contribution < 1.29 is 18.3 Å². The van der Waals surface area contributed by atoms with Crippen molar-refractivity contribution in [1.29, 1.82) is 0 Å². The summed E-state index contributed by atoms with van der Waals surface area (Å²) in [5.41, 5.74) is 1.53. The average molecular weight is 715 g/mol. The van der Waals surface area contributed by atoms with Crippen LogP contribution in [-0.4, -0.2) is 77.4 Å². The number of pyridine rings is 1. The molecule has 0 aliphatic carbocycles. The molecule has 7 rings (SSSR count). The Morgan fingerprint density at radius 3 is 2.42 bits per heavy atom. The molecule has 3 aliphatic rings. The number of nitrogens with one attached hydrogen (secondary N) is 2. The van der Waals surface area contributed by atoms with Gasteiger partial charge in [-0.15, -0.1) is 6.42 Å². The molecule has 4 aromatic rings. The topological polar surface area (TPSA) is 84.4 Å². The summed E-state index contributed by atoms with van der Waals surface area (Å²) in [4.78, 5) is 17.0. The number of fused-ring (bicyclic) bond motifs is 2. The van der Waals surface area contributed by atoms with E-state index in [1.807, 2.05) is 46.8 Å². The Kier molecular flexibility index (Phi) is 13.1. The van der Waals surface area contributed by atoms with Crippen LogP contribution in [0.5, 0.6) is 6.01 Å². The number of benzene rings is 2. The van der Waals surface area contributed by atoms with E-state index in [2.05, 4.69) is 28.4 Å². The maximum absolute atomic E-state index is 16.9. The second-order valence-electron chi connectivity index (χ2n) is 14.7. The number of aromatic nitrogens is 3. The molecule has 10 heteroatoms. The summed E-state index contributed by atoms with van der Waals surface area (Å²) in [6, 6.07) is 8.58. The maximum atomic E-state index is 16.9. The molecule has 1 atom stereocenters. The first-order chi connectivity index (χ1) is 25.1. The van der Waals surface area contributed by atoms with Crippen molar-refractivity contribution in [1.82, 2.24) is 25.2 Å². The smallest absolute Gasteiger partial charge is 0.319 e. The number of rotatable bonds is 5. The van der Waals surface area contributed by atoms with Gasteiger partial charge in [0.15, 0.2) is 5.82 Å². The Morgan fingerprint density at radius 1 is 1.02 bits per heavy atom. The molecular formula is C42H56F2N6O2. The lowest BCUT2D eigenvalue weighted by Crippen LogP contribution is -2.43. The van der Waals surface area contributed by atoms with Crippen molar-refractivity contribution in [3.05, 3.63) is 53.2 Å². The zero-order chi connectivity index (χ0) is 37.5. The summed E-state index contributed by atoms with van der Waals surface area (Å²) in [7, 11) is 1.71. The summed E-state index contributed by atoms with van der Waals surface area (Å²) in [6.45, 7) is 17.1. The highest BCUT2D eigenvalue weighted by Gasteiger charge is 2.45. The molecule has 1 unspecified atom stereocenters. The Labute approximate surface area is 308 Å². The first kappa shape index (κ1) is 39.3. The van der Waals surface area contributed by atoms with E-state index < -0.39 is 11.6 Å². The third-order valence-corrected chi connectivity index (χ3v) is 10.5. The van der Waals surface area contributed by atoms with E-state index in [0.717, 1.165) is 64.7 Å². The van der Waals surface area contributed by atoms with Crippen molar-refractivity contribution in [3.8, 4) is 29.6 Å². The first-order valence-corrected chi connectivity index (χ1v) is 19.0. The van der Waals surface area contributed by atoms with Gasteiger partial charge in [-0.3, -0.25) is 4.90 Å². The summed E-state index contributed by atoms with van der Waals surface area (Å²) in [5, 5.41) is 8.71. The molecule has 2 fully saturated rings. The number of terminal acetylenes is 1. The van der Waals surface area contributed by atoms with Gasteiger partial charge >= 0.3 is 6.01 Å². The second-order valence-corrected chi connectivity index (χ2v) is 14.7. The van der Waals surface area contributed by atoms with E-state index in [1.165, 1.54) is 6.07 Å². The van der Waals surface area contributed by atoms with Gasteiger partial charge in [0.1, 0.15) is 29.5 Å². The molecule has 0 spiro atoms. The van der Waals surface area contributed by atoms with Gasteiger partial charge in [0.05, 0.1) is 27.8 Å². The van der Waals surface area contributed by atoms with Crippen LogP contribution in [0.15, 0.2) is 30.3 Å². The van der Waals surface area contributed by atoms with Crippen LogP contribution in [-0.2, 0) is 11.2 Å². The minimum absolute atomic E-state index is 0.00446. The molecule has 0 radical (unpaired) electrons. The summed E-state index contributed by atoms with van der Waals surface area (Å²) in [6.07, 6.45) is 12.7. The molecule has 2 aromatic heterocycles. The van der Waals surface area contributed by atoms with Gasteiger partial charge in [-0.05, 0) is 96.3 Å². The van der Waals surface area contributed by atoms with E-state index in [9.17, 15) is 4.39 Å². The van der Waals surface area contributed by atoms with E-state index in [0.29, 0.717) is 58.7 Å². The quantitative estimate of drug-likeness (QED) is 0.199. The van der Waals surface area contributed by atoms with Gasteiger partial charge in [0, 0.05) is 31.1 Å². The summed E-state index contributed by atoms with van der Waals surface area (Å²) < 4.78 is 43.1. The molecule has 52 heavy (non-hydrogen) atoms. The number of hydrogen-bond donors (Lipinski definition) is 2. The molecule has 8 nitrogen and oxygen atoms in total. The molecular weight excluding hydrogens is 658 g/mol. The van der Waals surface area contributed by atoms with Gasteiger partial charge in [-0.25, -0.2) is 13.8 Å². The van der Waals surface area contributed by atoms with Gasteiger partial charge in [0.2, 0.25) is 0 Å². The van der Waals surface area contributed by atoms with Crippen molar-refractivity contribution in [2.24, 2.45) is 5.92 Å². The number of halogens is 2. The number of anilines is 1. The predicted octanol–water partition coefficient (Wildman–Crippen LogP) is 8.54. The van der Waals surface area contributed by atoms with Gasteiger partial charge < -0.3 is 20.1 Å². The molecule has 5 heterocycles. The zero-order valence-electron chi connectivity index (χ0n) is 32.1. The number of methoxy groups -OCH3 is 1. The Bertz CT molecular complexity index is 1880. The summed E-state index contributed by atoms with van der Waals surface area (Å²) in [5.74, 6) is 2.32. The second kappa shape index (κ2) is 17.3. The van der Waals surface area contributed by atoms with Crippen molar-refractivity contribution >= 4 is 27.5 Å². The Morgan fingerprint density at radius 2 is 1.75 bits per heavy atom. The van der Waals surface area contributed by atoms with Crippen LogP contribution < -0.4 is 15.4 Å². The lowest BCUT2D eigenvalue weighted by atomic mass is 9.94. The van der Waals surface area contributed by atoms with Crippen LogP contribution in [0.3, 0.4) is 0 Å². The molecule has 0 saturated carbocycles. The predicted molar refractivity (Wildman–Crippen MR) is 208 cm³/mol. The van der Waals surface area contributed by atoms with Crippen LogP contribution in [0, 0.1) is 29.9 Å². The number of aryl methyl sites for hydroxylation is 1. The van der Waals surface area contributed by atoms with Crippen molar-refractivity contribution in [2.75, 3.05) is 51.8 Å². The number of hydrogen-bond acceptors (Lipinski definition) is 8. The van der Waals surface area contributed by atoms with Crippen LogP contribution in [0.25, 0.3) is 32.9 Å². The highest BCUT2D eigenvalue weighted by Crippen LogP contribution is 2.41. The highest BCUT2D eigenvalue weighted by atomic mass is 19.1. The van der Waals surface area contributed by atoms with Gasteiger partial charge in [-0.2, -0.15) is 9.97 Å². The van der Waals surface area contributed by atoms with E-state index in [-0.39, 0.29) is 33.9 Å². The molecule has 2 aromatic carbocycles. The molecule has 2 saturated heterocycles. The van der Waals surface area contributed by atoms with E-state index in [1.54, 1.807) is 19.2 Å². The fourth-order valence-corrected chi connectivity index (χ4v) is 7.50. The third-order valence-electron chi connectivity index (χ3n) is 10.5. The largest absolute Gasteiger partial charge is 0.461 e. The maximum Gasteiger partial charge on any atom is 0.319 e. The third kappa shape index (κ3) is 8.48. The minimum atomic E-state index is -0.597. The fourth-order valence-electron chi connectivity index (χ4n) is 7.50. The number of nitrogens with zero attached hydrogens (tertiary/aromatic N) is 4. The fraction of sp³-hybridized carbons (Fsp3) is 0.548. The lowest BCUT2D eigenvalue weighted by molar-refractivity contribution is 0.0397. The van der Waals surface area contributed by atoms with Crippen molar-refractivity contribution in [2.45, 2.75) is 97.6 Å². The zero-order valence-corrected chi connectivity index (χ0v) is 32.1. The van der Waals surface area contributed by atoms with Crippen LogP contribution >= 0.6 is 0 Å². The van der Waals surface area contributed by atoms with E-state index >= 15 is 4.39 Å². The molecule has 2 N–H and O–H groups in total. The van der Waals surface area contributed by atoms with E-state index in [4.69, 9.17) is 30.8 Å². The van der Waals surface area contributed by atoms with Crippen molar-refractivity contribution in [3.63, 3.8) is 0 Å². The van der Waals surface area contributed by atoms with Crippen LogP contribution in [0.4, 0.5) is 14.6 Å². The standard InChI is InChI=1S/C35H38F2N6O.C5H12O.C2H6/c1-3-22-10-13-27-29-32(30(37)31(40-27)25-9-5-8-23-11-12-26(36)24(4-2)28(23)25)41-34(42-33(29)39-17-16-38-20-22)44-21-35-14-6-18-43(35)19-7-15-35;1-5(2,3)6-4;1-2/h2,5,8-9,11-12,22,38H,3,6-7,10,13-21H2,1H3,(H,39,41,42);1-4H3;1-2H3. The molecule has 3 aliphatic heterocycles. The minimum Gasteiger partial charge on any atom is -0.461 e. The molecule has 0 bridgehead atoms. The lowest BCUT2D eigenvalue weighted by Gasteiger charge is -2.31. The van der Waals surface area contributed by atoms with Gasteiger partial charge in [0.25, 0.3) is 0 Å². The Balaban J connectivity index is 0.000000595. The molecule has 0 amide bonds. The molecule has 280 valence electrons.